The van der Waals surface area contributed by atoms with Crippen molar-refractivity contribution in [1.82, 2.24) is 15.4 Å². The number of likely N-dealkylation sites (N-methyl/N-ethyl adjacent to an activating group) is 2. The fraction of sp³-hybridized carbons (Fsp3) is 0.842. The van der Waals surface area contributed by atoms with Gasteiger partial charge in [-0.3, -0.25) is 4.90 Å². The Morgan fingerprint density at radius 1 is 1.33 bits per heavy atom. The fourth-order valence-corrected chi connectivity index (χ4v) is 4.46. The molecule has 0 bridgehead atoms. The van der Waals surface area contributed by atoms with E-state index in [9.17, 15) is 0 Å². The van der Waals surface area contributed by atoms with E-state index in [0.29, 0.717) is 11.3 Å². The number of aromatic nitrogens is 1. The first kappa shape index (κ1) is 17.9. The quantitative estimate of drug-likeness (QED) is 0.865. The summed E-state index contributed by atoms with van der Waals surface area (Å²) in [5, 5.41) is 7.47. The number of hydrogen-bond donors (Lipinski definition) is 1. The molecule has 1 N–H and O–H groups in total. The lowest BCUT2D eigenvalue weighted by Gasteiger charge is -2.37. The Morgan fingerprint density at radius 2 is 2.08 bits per heavy atom. The van der Waals surface area contributed by atoms with E-state index >= 15 is 0 Å². The van der Waals surface area contributed by atoms with Crippen molar-refractivity contribution in [2.45, 2.75) is 64.0 Å². The smallest absolute Gasteiger partial charge is 0.127 e. The van der Waals surface area contributed by atoms with E-state index in [1.54, 1.807) is 0 Å². The third kappa shape index (κ3) is 4.01. The van der Waals surface area contributed by atoms with Crippen LogP contribution in [0.25, 0.3) is 0 Å². The largest absolute Gasteiger partial charge is 0.374 e. The van der Waals surface area contributed by atoms with Crippen LogP contribution in [-0.4, -0.2) is 49.4 Å². The van der Waals surface area contributed by atoms with Crippen LogP contribution in [0.3, 0.4) is 0 Å². The molecule has 136 valence electrons. The first-order valence-corrected chi connectivity index (χ1v) is 9.33. The van der Waals surface area contributed by atoms with Crippen molar-refractivity contribution in [2.75, 3.05) is 33.8 Å². The zero-order chi connectivity index (χ0) is 17.2. The number of ether oxygens (including phenoxy) is 1. The van der Waals surface area contributed by atoms with Crippen LogP contribution in [-0.2, 0) is 11.3 Å². The molecule has 1 aromatic heterocycles. The molecule has 0 amide bonds. The zero-order valence-electron chi connectivity index (χ0n) is 15.7. The lowest BCUT2D eigenvalue weighted by atomic mass is 9.72. The molecule has 1 saturated heterocycles. The Bertz CT molecular complexity index is 532. The standard InChI is InChI=1S/C19H33N3O2/c1-18(2)13-19(23-14-18)7-5-15(6-8-19)16-12-24-21-17(16)11-22(4)10-9-20-3/h12,15,20H,5-11,13-14H2,1-4H3/t15-,19-. The Morgan fingerprint density at radius 3 is 2.71 bits per heavy atom. The number of hydrogen-bond acceptors (Lipinski definition) is 5. The molecule has 0 unspecified atom stereocenters. The van der Waals surface area contributed by atoms with Crippen molar-refractivity contribution in [3.63, 3.8) is 0 Å². The average molecular weight is 335 g/mol. The summed E-state index contributed by atoms with van der Waals surface area (Å²) >= 11 is 0. The van der Waals surface area contributed by atoms with Crippen LogP contribution in [0.5, 0.6) is 0 Å². The molecule has 1 aliphatic heterocycles. The molecule has 0 aromatic carbocycles. The Labute approximate surface area is 146 Å². The molecular weight excluding hydrogens is 302 g/mol. The van der Waals surface area contributed by atoms with E-state index in [2.05, 4.69) is 36.3 Å². The highest BCUT2D eigenvalue weighted by atomic mass is 16.5. The summed E-state index contributed by atoms with van der Waals surface area (Å²) in [4.78, 5) is 2.30. The third-order valence-electron chi connectivity index (χ3n) is 5.75. The summed E-state index contributed by atoms with van der Waals surface area (Å²) in [6.07, 6.45) is 7.79. The highest BCUT2D eigenvalue weighted by Gasteiger charge is 2.46. The van der Waals surface area contributed by atoms with Gasteiger partial charge in [0.15, 0.2) is 0 Å². The molecule has 0 radical (unpaired) electrons. The van der Waals surface area contributed by atoms with Gasteiger partial charge < -0.3 is 14.6 Å². The van der Waals surface area contributed by atoms with Gasteiger partial charge in [-0.15, -0.1) is 0 Å². The lowest BCUT2D eigenvalue weighted by Crippen LogP contribution is -2.33. The Kier molecular flexibility index (Phi) is 5.33. The van der Waals surface area contributed by atoms with Crippen molar-refractivity contribution in [3.8, 4) is 0 Å². The van der Waals surface area contributed by atoms with E-state index in [-0.39, 0.29) is 5.60 Å². The van der Waals surface area contributed by atoms with E-state index in [1.165, 1.54) is 37.7 Å². The van der Waals surface area contributed by atoms with Crippen LogP contribution in [0.4, 0.5) is 0 Å². The molecule has 1 aliphatic carbocycles. The summed E-state index contributed by atoms with van der Waals surface area (Å²) < 4.78 is 11.6. The summed E-state index contributed by atoms with van der Waals surface area (Å²) in [6.45, 7) is 8.42. The molecular formula is C19H33N3O2. The van der Waals surface area contributed by atoms with Gasteiger partial charge in [0, 0.05) is 25.2 Å². The van der Waals surface area contributed by atoms with Gasteiger partial charge >= 0.3 is 0 Å². The van der Waals surface area contributed by atoms with Gasteiger partial charge in [0.1, 0.15) is 12.0 Å². The summed E-state index contributed by atoms with van der Waals surface area (Å²) in [5.74, 6) is 0.571. The highest BCUT2D eigenvalue weighted by molar-refractivity contribution is 5.21. The van der Waals surface area contributed by atoms with Crippen LogP contribution in [0.15, 0.2) is 10.8 Å². The summed E-state index contributed by atoms with van der Waals surface area (Å²) in [5.41, 5.74) is 2.91. The second-order valence-corrected chi connectivity index (χ2v) is 8.64. The maximum atomic E-state index is 6.25. The fourth-order valence-electron chi connectivity index (χ4n) is 4.46. The predicted molar refractivity (Wildman–Crippen MR) is 95.1 cm³/mol. The van der Waals surface area contributed by atoms with E-state index in [0.717, 1.165) is 31.9 Å². The van der Waals surface area contributed by atoms with Gasteiger partial charge in [-0.05, 0) is 57.5 Å². The summed E-state index contributed by atoms with van der Waals surface area (Å²) in [6, 6.07) is 0. The molecule has 2 aliphatic rings. The number of nitrogens with one attached hydrogen (secondary N) is 1. The van der Waals surface area contributed by atoms with Crippen molar-refractivity contribution < 1.29 is 9.26 Å². The molecule has 2 heterocycles. The third-order valence-corrected chi connectivity index (χ3v) is 5.75. The average Bonchev–Trinajstić information content (AvgIpc) is 3.11. The molecule has 5 heteroatoms. The van der Waals surface area contributed by atoms with Crippen molar-refractivity contribution in [2.24, 2.45) is 5.41 Å². The maximum absolute atomic E-state index is 6.25. The van der Waals surface area contributed by atoms with E-state index < -0.39 is 0 Å². The monoisotopic (exact) mass is 335 g/mol. The van der Waals surface area contributed by atoms with Crippen molar-refractivity contribution in [1.29, 1.82) is 0 Å². The van der Waals surface area contributed by atoms with E-state index in [4.69, 9.17) is 9.26 Å². The minimum absolute atomic E-state index is 0.140. The molecule has 0 atom stereocenters. The lowest BCUT2D eigenvalue weighted by molar-refractivity contribution is -0.0294. The van der Waals surface area contributed by atoms with Crippen molar-refractivity contribution in [3.05, 3.63) is 17.5 Å². The zero-order valence-corrected chi connectivity index (χ0v) is 15.7. The number of nitrogens with zero attached hydrogens (tertiary/aromatic N) is 2. The van der Waals surface area contributed by atoms with Crippen LogP contribution in [0.2, 0.25) is 0 Å². The predicted octanol–water partition coefficient (Wildman–Crippen LogP) is 3.17. The van der Waals surface area contributed by atoms with Gasteiger partial charge in [0.25, 0.3) is 0 Å². The van der Waals surface area contributed by atoms with Crippen molar-refractivity contribution >= 4 is 0 Å². The first-order valence-electron chi connectivity index (χ1n) is 9.33. The first-order chi connectivity index (χ1) is 11.4. The van der Waals surface area contributed by atoms with Gasteiger partial charge in [-0.2, -0.15) is 0 Å². The Balaban J connectivity index is 1.58. The molecule has 1 spiro atoms. The minimum atomic E-state index is 0.140. The van der Waals surface area contributed by atoms with Gasteiger partial charge in [0.05, 0.1) is 12.2 Å². The van der Waals surface area contributed by atoms with Crippen LogP contribution in [0.1, 0.15) is 63.1 Å². The second kappa shape index (κ2) is 7.14. The van der Waals surface area contributed by atoms with Crippen LogP contribution < -0.4 is 5.32 Å². The topological polar surface area (TPSA) is 50.5 Å². The number of rotatable bonds is 6. The SMILES string of the molecule is CNCCN(C)Cc1nocc1[C@H]1CC[C@]2(CC1)CC(C)(C)CO2. The molecule has 2 fully saturated rings. The molecule has 5 nitrogen and oxygen atoms in total. The minimum Gasteiger partial charge on any atom is -0.374 e. The van der Waals surface area contributed by atoms with E-state index in [1.807, 2.05) is 13.3 Å². The Hall–Kier alpha value is -0.910. The van der Waals surface area contributed by atoms with Gasteiger partial charge in [-0.25, -0.2) is 0 Å². The normalized spacial score (nSPS) is 29.6. The van der Waals surface area contributed by atoms with Crippen LogP contribution >= 0.6 is 0 Å². The molecule has 3 rings (SSSR count). The summed E-state index contributed by atoms with van der Waals surface area (Å²) in [7, 11) is 4.12. The molecule has 1 aromatic rings. The van der Waals surface area contributed by atoms with Gasteiger partial charge in [-0.1, -0.05) is 19.0 Å². The second-order valence-electron chi connectivity index (χ2n) is 8.64. The molecule has 24 heavy (non-hydrogen) atoms. The maximum Gasteiger partial charge on any atom is 0.127 e. The highest BCUT2D eigenvalue weighted by Crippen LogP contribution is 2.50. The van der Waals surface area contributed by atoms with Gasteiger partial charge in [0.2, 0.25) is 0 Å². The molecule has 1 saturated carbocycles. The van der Waals surface area contributed by atoms with Crippen LogP contribution in [0, 0.1) is 5.41 Å².